The fraction of sp³-hybridized carbons (Fsp3) is 0.211. The number of ether oxygens (including phenoxy) is 1. The van der Waals surface area contributed by atoms with Gasteiger partial charge in [0.2, 0.25) is 0 Å². The first kappa shape index (κ1) is 13.6. The molecule has 0 amide bonds. The van der Waals surface area contributed by atoms with Crippen molar-refractivity contribution in [3.8, 4) is 0 Å². The Labute approximate surface area is 125 Å². The highest BCUT2D eigenvalue weighted by molar-refractivity contribution is 5.90. The van der Waals surface area contributed by atoms with Gasteiger partial charge in [0, 0.05) is 11.5 Å². The van der Waals surface area contributed by atoms with Gasteiger partial charge in [0.25, 0.3) is 0 Å². The van der Waals surface area contributed by atoms with Crippen LogP contribution in [0.5, 0.6) is 0 Å². The van der Waals surface area contributed by atoms with Gasteiger partial charge < -0.3 is 4.74 Å². The van der Waals surface area contributed by atoms with E-state index in [2.05, 4.69) is 18.7 Å². The molecule has 0 aliphatic carbocycles. The molecule has 0 spiro atoms. The van der Waals surface area contributed by atoms with Crippen molar-refractivity contribution in [3.05, 3.63) is 83.9 Å². The van der Waals surface area contributed by atoms with Crippen molar-refractivity contribution < 1.29 is 9.53 Å². The van der Waals surface area contributed by atoms with Crippen LogP contribution in [0.1, 0.15) is 23.7 Å². The molecule has 0 radical (unpaired) electrons. The molecule has 0 saturated carbocycles. The van der Waals surface area contributed by atoms with Crippen LogP contribution in [0.2, 0.25) is 0 Å². The van der Waals surface area contributed by atoms with Crippen LogP contribution in [0.3, 0.4) is 0 Å². The van der Waals surface area contributed by atoms with E-state index in [-0.39, 0.29) is 18.0 Å². The number of hydrogen-bond acceptors (Lipinski definition) is 2. The molecular weight excluding hydrogens is 260 g/mol. The minimum atomic E-state index is -0.262. The van der Waals surface area contributed by atoms with Gasteiger partial charge in [-0.1, -0.05) is 67.2 Å². The minimum absolute atomic E-state index is 0.0557. The van der Waals surface area contributed by atoms with E-state index in [9.17, 15) is 4.79 Å². The van der Waals surface area contributed by atoms with Crippen molar-refractivity contribution in [2.75, 3.05) is 0 Å². The average Bonchev–Trinajstić information content (AvgIpc) is 2.82. The molecule has 0 bridgehead atoms. The number of cyclic esters (lactones) is 1. The van der Waals surface area contributed by atoms with Crippen LogP contribution in [0.25, 0.3) is 0 Å². The standard InChI is InChI=1S/C19H18O2/c1-14-17(13-12-15-8-4-2-5-9-15)18(21-19(14)20)16-10-6-3-7-11-16/h2-11,17-18H,1,12-13H2/t17-,18-/m0/s1. The third-order valence-corrected chi connectivity index (χ3v) is 4.02. The molecule has 2 nitrogen and oxygen atoms in total. The molecule has 2 heteroatoms. The number of carbonyl (C=O) groups is 1. The van der Waals surface area contributed by atoms with Crippen molar-refractivity contribution in [2.45, 2.75) is 18.9 Å². The molecule has 106 valence electrons. The lowest BCUT2D eigenvalue weighted by Crippen LogP contribution is -2.09. The Hall–Kier alpha value is -2.35. The maximum atomic E-state index is 11.9. The summed E-state index contributed by atoms with van der Waals surface area (Å²) in [6.07, 6.45) is 1.59. The van der Waals surface area contributed by atoms with Crippen molar-refractivity contribution in [1.29, 1.82) is 0 Å². The highest BCUT2D eigenvalue weighted by Gasteiger charge is 2.38. The van der Waals surface area contributed by atoms with Gasteiger partial charge in [-0.25, -0.2) is 4.79 Å². The molecule has 0 aromatic heterocycles. The Morgan fingerprint density at radius 1 is 0.952 bits per heavy atom. The van der Waals surface area contributed by atoms with E-state index >= 15 is 0 Å². The zero-order valence-electron chi connectivity index (χ0n) is 11.9. The highest BCUT2D eigenvalue weighted by atomic mass is 16.6. The number of esters is 1. The molecule has 21 heavy (non-hydrogen) atoms. The van der Waals surface area contributed by atoms with Crippen molar-refractivity contribution in [2.24, 2.45) is 5.92 Å². The van der Waals surface area contributed by atoms with Crippen molar-refractivity contribution >= 4 is 5.97 Å². The molecule has 0 unspecified atom stereocenters. The van der Waals surface area contributed by atoms with E-state index in [1.54, 1.807) is 0 Å². The smallest absolute Gasteiger partial charge is 0.334 e. The summed E-state index contributed by atoms with van der Waals surface area (Å²) in [5.74, 6) is -0.206. The van der Waals surface area contributed by atoms with Gasteiger partial charge in [0.05, 0.1) is 0 Å². The van der Waals surface area contributed by atoms with Crippen LogP contribution >= 0.6 is 0 Å². The van der Waals surface area contributed by atoms with Gasteiger partial charge in [-0.2, -0.15) is 0 Å². The van der Waals surface area contributed by atoms with Gasteiger partial charge in [-0.15, -0.1) is 0 Å². The summed E-state index contributed by atoms with van der Waals surface area (Å²) in [7, 11) is 0. The summed E-state index contributed by atoms with van der Waals surface area (Å²) in [6.45, 7) is 3.93. The lowest BCUT2D eigenvalue weighted by atomic mass is 9.87. The quantitative estimate of drug-likeness (QED) is 0.622. The molecule has 2 atom stereocenters. The average molecular weight is 278 g/mol. The van der Waals surface area contributed by atoms with Gasteiger partial charge in [0.15, 0.2) is 0 Å². The second-order valence-corrected chi connectivity index (χ2v) is 5.39. The summed E-state index contributed by atoms with van der Waals surface area (Å²) in [4.78, 5) is 11.9. The molecule has 1 saturated heterocycles. The maximum Gasteiger partial charge on any atom is 0.334 e. The Morgan fingerprint density at radius 3 is 2.24 bits per heavy atom. The maximum absolute atomic E-state index is 11.9. The van der Waals surface area contributed by atoms with Gasteiger partial charge in [-0.3, -0.25) is 0 Å². The van der Waals surface area contributed by atoms with E-state index in [1.807, 2.05) is 48.5 Å². The van der Waals surface area contributed by atoms with Crippen LogP contribution in [-0.2, 0) is 16.0 Å². The van der Waals surface area contributed by atoms with Crippen LogP contribution in [0.4, 0.5) is 0 Å². The van der Waals surface area contributed by atoms with E-state index in [4.69, 9.17) is 4.74 Å². The lowest BCUT2D eigenvalue weighted by molar-refractivity contribution is -0.139. The molecular formula is C19H18O2. The summed E-state index contributed by atoms with van der Waals surface area (Å²) < 4.78 is 5.52. The molecule has 1 aliphatic rings. The number of hydrogen-bond donors (Lipinski definition) is 0. The molecule has 2 aromatic carbocycles. The predicted octanol–water partition coefficient (Wildman–Crippen LogP) is 4.09. The zero-order valence-corrected chi connectivity index (χ0v) is 11.9. The first-order chi connectivity index (χ1) is 10.3. The van der Waals surface area contributed by atoms with Gasteiger partial charge in [0.1, 0.15) is 6.10 Å². The molecule has 0 N–H and O–H groups in total. The predicted molar refractivity (Wildman–Crippen MR) is 82.7 cm³/mol. The molecule has 1 heterocycles. The van der Waals surface area contributed by atoms with Crippen LogP contribution in [-0.4, -0.2) is 5.97 Å². The normalized spacial score (nSPS) is 21.3. The van der Waals surface area contributed by atoms with E-state index in [1.165, 1.54) is 5.56 Å². The second kappa shape index (κ2) is 5.96. The Bertz CT molecular complexity index is 631. The molecule has 3 rings (SSSR count). The number of aryl methyl sites for hydroxylation is 1. The Balaban J connectivity index is 1.77. The second-order valence-electron chi connectivity index (χ2n) is 5.39. The summed E-state index contributed by atoms with van der Waals surface area (Å²) in [5.41, 5.74) is 2.92. The SMILES string of the molecule is C=C1C(=O)O[C@@H](c2ccccc2)[C@H]1CCc1ccccc1. The van der Waals surface area contributed by atoms with Gasteiger partial charge >= 0.3 is 5.97 Å². The molecule has 1 fully saturated rings. The fourth-order valence-electron chi connectivity index (χ4n) is 2.84. The topological polar surface area (TPSA) is 26.3 Å². The summed E-state index contributed by atoms with van der Waals surface area (Å²) in [6, 6.07) is 20.2. The highest BCUT2D eigenvalue weighted by Crippen LogP contribution is 2.40. The Kier molecular flexibility index (Phi) is 3.87. The number of benzene rings is 2. The van der Waals surface area contributed by atoms with Crippen LogP contribution in [0, 0.1) is 5.92 Å². The van der Waals surface area contributed by atoms with E-state index < -0.39 is 0 Å². The monoisotopic (exact) mass is 278 g/mol. The lowest BCUT2D eigenvalue weighted by Gasteiger charge is -2.18. The van der Waals surface area contributed by atoms with Crippen molar-refractivity contribution in [3.63, 3.8) is 0 Å². The first-order valence-corrected chi connectivity index (χ1v) is 7.24. The van der Waals surface area contributed by atoms with E-state index in [0.717, 1.165) is 18.4 Å². The largest absolute Gasteiger partial charge is 0.453 e. The zero-order chi connectivity index (χ0) is 14.7. The van der Waals surface area contributed by atoms with Crippen LogP contribution in [0.15, 0.2) is 72.8 Å². The minimum Gasteiger partial charge on any atom is -0.453 e. The third kappa shape index (κ3) is 2.89. The number of rotatable bonds is 4. The Morgan fingerprint density at radius 2 is 1.57 bits per heavy atom. The summed E-state index contributed by atoms with van der Waals surface area (Å²) in [5, 5.41) is 0. The molecule has 2 aromatic rings. The first-order valence-electron chi connectivity index (χ1n) is 7.24. The van der Waals surface area contributed by atoms with E-state index in [0.29, 0.717) is 5.57 Å². The summed E-state index contributed by atoms with van der Waals surface area (Å²) >= 11 is 0. The van der Waals surface area contributed by atoms with Crippen LogP contribution < -0.4 is 0 Å². The number of carbonyl (C=O) groups excluding carboxylic acids is 1. The fourth-order valence-corrected chi connectivity index (χ4v) is 2.84. The van der Waals surface area contributed by atoms with Crippen molar-refractivity contribution in [1.82, 2.24) is 0 Å². The third-order valence-electron chi connectivity index (χ3n) is 4.02. The molecule has 1 aliphatic heterocycles. The van der Waals surface area contributed by atoms with Gasteiger partial charge in [-0.05, 0) is 24.0 Å².